The molecule has 3 nitrogen and oxygen atoms in total. The van der Waals surface area contributed by atoms with Crippen LogP contribution in [0.1, 0.15) is 48.4 Å². The van der Waals surface area contributed by atoms with Crippen molar-refractivity contribution in [2.24, 2.45) is 15.9 Å². The van der Waals surface area contributed by atoms with Crippen molar-refractivity contribution in [3.63, 3.8) is 0 Å². The van der Waals surface area contributed by atoms with Crippen LogP contribution in [0.5, 0.6) is 0 Å². The van der Waals surface area contributed by atoms with Gasteiger partial charge < -0.3 is 4.57 Å². The number of aryl methyl sites for hydroxylation is 1. The molecule has 7 aromatic rings. The van der Waals surface area contributed by atoms with Crippen molar-refractivity contribution in [1.29, 1.82) is 0 Å². The number of rotatable bonds is 7. The first kappa shape index (κ1) is 33.3. The summed E-state index contributed by atoms with van der Waals surface area (Å²) in [6, 6.07) is 44.8. The average molecular weight is 710 g/mol. The molecule has 0 aliphatic heterocycles. The van der Waals surface area contributed by atoms with Gasteiger partial charge in [-0.25, -0.2) is 0 Å². The third kappa shape index (κ3) is 5.74. The minimum atomic E-state index is 0.403. The van der Waals surface area contributed by atoms with E-state index in [0.717, 1.165) is 42.7 Å². The molecule has 3 aliphatic carbocycles. The lowest BCUT2D eigenvalue weighted by Crippen LogP contribution is -2.15. The summed E-state index contributed by atoms with van der Waals surface area (Å²) in [6.45, 7) is 8.97. The Labute approximate surface area is 323 Å². The van der Waals surface area contributed by atoms with Crippen molar-refractivity contribution in [3.05, 3.63) is 185 Å². The van der Waals surface area contributed by atoms with Crippen molar-refractivity contribution in [3.8, 4) is 22.3 Å². The summed E-state index contributed by atoms with van der Waals surface area (Å²) in [5.41, 5.74) is 18.8. The van der Waals surface area contributed by atoms with E-state index in [4.69, 9.17) is 4.99 Å². The monoisotopic (exact) mass is 709 g/mol. The van der Waals surface area contributed by atoms with Crippen LogP contribution in [0.3, 0.4) is 0 Å². The van der Waals surface area contributed by atoms with Crippen molar-refractivity contribution < 1.29 is 0 Å². The van der Waals surface area contributed by atoms with E-state index in [1.165, 1.54) is 88.2 Å². The standard InChI is InChI=1S/C52H43N3/c1-33-16-25-47(53-3)45(28-33)52(38-19-17-36(18-20-38)35-11-5-4-6-12-35)54-32-55-48-26-24-40(31-46(48)51-43-15-8-7-13-37(43)23-27-49(51)55)39-21-22-41-29-42-14-9-10-34(2)50(42)44(41)30-39/h4-15,17,19,21-28,30-31,33H,3,16,18,20,29,32H2,1-2H3. The Balaban J connectivity index is 1.12. The first-order valence-electron chi connectivity index (χ1n) is 19.6. The summed E-state index contributed by atoms with van der Waals surface area (Å²) in [7, 11) is 0. The second-order valence-electron chi connectivity index (χ2n) is 15.4. The molecule has 3 heteroatoms. The van der Waals surface area contributed by atoms with Crippen LogP contribution < -0.4 is 0 Å². The van der Waals surface area contributed by atoms with E-state index in [0.29, 0.717) is 12.6 Å². The average Bonchev–Trinajstić information content (AvgIpc) is 3.77. The SMILES string of the molecule is C=NC1=CCC(C)C=C1C(=NCn1c2ccc(-c3ccc4c(c3)-c3c(C)cccc3C4)cc2c2c3ccccc3ccc21)C1=CC=C(c2ccccc2)CC1. The first-order valence-corrected chi connectivity index (χ1v) is 19.6. The molecule has 0 saturated carbocycles. The number of hydrogen-bond donors (Lipinski definition) is 0. The minimum absolute atomic E-state index is 0.403. The maximum Gasteiger partial charge on any atom is 0.115 e. The molecule has 0 bridgehead atoms. The fraction of sp³-hybridized carbons (Fsp3) is 0.154. The highest BCUT2D eigenvalue weighted by molar-refractivity contribution is 6.21. The van der Waals surface area contributed by atoms with Crippen molar-refractivity contribution in [1.82, 2.24) is 4.57 Å². The molecule has 0 spiro atoms. The topological polar surface area (TPSA) is 29.6 Å². The zero-order valence-corrected chi connectivity index (χ0v) is 31.5. The second kappa shape index (κ2) is 13.5. The largest absolute Gasteiger partial charge is 0.320 e. The van der Waals surface area contributed by atoms with E-state index in [9.17, 15) is 0 Å². The Hall–Kier alpha value is -6.32. The highest BCUT2D eigenvalue weighted by atomic mass is 15.1. The van der Waals surface area contributed by atoms with Crippen LogP contribution in [0.2, 0.25) is 0 Å². The lowest BCUT2D eigenvalue weighted by molar-refractivity contribution is 0.724. The summed E-state index contributed by atoms with van der Waals surface area (Å²) in [5, 5.41) is 5.04. The highest BCUT2D eigenvalue weighted by Crippen LogP contribution is 2.43. The van der Waals surface area contributed by atoms with Crippen molar-refractivity contribution >= 4 is 50.6 Å². The number of benzene rings is 6. The van der Waals surface area contributed by atoms with Gasteiger partial charge in [0.1, 0.15) is 6.67 Å². The maximum atomic E-state index is 5.56. The third-order valence-electron chi connectivity index (χ3n) is 12.0. The molecule has 1 unspecified atom stereocenters. The lowest BCUT2D eigenvalue weighted by atomic mass is 9.85. The molecule has 10 rings (SSSR count). The molecule has 0 amide bonds. The van der Waals surface area contributed by atoms with Crippen LogP contribution in [0, 0.1) is 12.8 Å². The molecule has 0 saturated heterocycles. The predicted octanol–water partition coefficient (Wildman–Crippen LogP) is 13.2. The summed E-state index contributed by atoms with van der Waals surface area (Å²) in [6.07, 6.45) is 13.0. The van der Waals surface area contributed by atoms with E-state index in [1.54, 1.807) is 0 Å². The van der Waals surface area contributed by atoms with Gasteiger partial charge in [-0.2, -0.15) is 0 Å². The van der Waals surface area contributed by atoms with Gasteiger partial charge >= 0.3 is 0 Å². The van der Waals surface area contributed by atoms with E-state index < -0.39 is 0 Å². The molecule has 3 aliphatic rings. The van der Waals surface area contributed by atoms with Gasteiger partial charge in [0.2, 0.25) is 0 Å². The van der Waals surface area contributed by atoms with E-state index in [2.05, 4.69) is 176 Å². The van der Waals surface area contributed by atoms with Crippen LogP contribution in [-0.2, 0) is 13.1 Å². The molecule has 0 N–H and O–H groups in total. The quantitative estimate of drug-likeness (QED) is 0.148. The van der Waals surface area contributed by atoms with Gasteiger partial charge in [0.05, 0.1) is 22.4 Å². The van der Waals surface area contributed by atoms with Gasteiger partial charge in [-0.15, -0.1) is 0 Å². The molecule has 1 aromatic heterocycles. The fourth-order valence-corrected chi connectivity index (χ4v) is 9.23. The summed E-state index contributed by atoms with van der Waals surface area (Å²) >= 11 is 0. The first-order chi connectivity index (χ1) is 27.0. The summed E-state index contributed by atoms with van der Waals surface area (Å²) in [4.78, 5) is 10.1. The number of aliphatic imine (C=N–C) groups is 2. The maximum absolute atomic E-state index is 5.56. The number of aromatic nitrogens is 1. The van der Waals surface area contributed by atoms with Crippen LogP contribution in [-0.4, -0.2) is 17.0 Å². The molecule has 0 radical (unpaired) electrons. The number of fused-ring (bicyclic) bond motifs is 8. The van der Waals surface area contributed by atoms with Gasteiger partial charge in [0.15, 0.2) is 0 Å². The minimum Gasteiger partial charge on any atom is -0.320 e. The summed E-state index contributed by atoms with van der Waals surface area (Å²) in [5.74, 6) is 0.403. The Bertz CT molecular complexity index is 2870. The zero-order chi connectivity index (χ0) is 37.0. The van der Waals surface area contributed by atoms with Gasteiger partial charge in [-0.3, -0.25) is 9.98 Å². The molecular formula is C52H43N3. The molecular weight excluding hydrogens is 667 g/mol. The number of nitrogens with zero attached hydrogens (tertiary/aromatic N) is 3. The van der Waals surface area contributed by atoms with E-state index in [1.807, 2.05) is 0 Å². The normalized spacial score (nSPS) is 16.8. The Kier molecular flexibility index (Phi) is 8.17. The Morgan fingerprint density at radius 2 is 1.56 bits per heavy atom. The molecule has 6 aromatic carbocycles. The number of hydrogen-bond acceptors (Lipinski definition) is 2. The highest BCUT2D eigenvalue weighted by Gasteiger charge is 2.24. The van der Waals surface area contributed by atoms with Crippen LogP contribution >= 0.6 is 0 Å². The van der Waals surface area contributed by atoms with E-state index in [-0.39, 0.29) is 0 Å². The molecule has 266 valence electrons. The zero-order valence-electron chi connectivity index (χ0n) is 31.5. The van der Waals surface area contributed by atoms with Gasteiger partial charge in [-0.05, 0) is 136 Å². The summed E-state index contributed by atoms with van der Waals surface area (Å²) < 4.78 is 2.41. The number of allylic oxidation sites excluding steroid dienone is 7. The van der Waals surface area contributed by atoms with Crippen molar-refractivity contribution in [2.45, 2.75) is 46.2 Å². The molecule has 0 fully saturated rings. The van der Waals surface area contributed by atoms with Crippen LogP contribution in [0.4, 0.5) is 0 Å². The van der Waals surface area contributed by atoms with Crippen LogP contribution in [0.15, 0.2) is 172 Å². The van der Waals surface area contributed by atoms with Crippen LogP contribution in [0.25, 0.3) is 60.4 Å². The smallest absolute Gasteiger partial charge is 0.115 e. The van der Waals surface area contributed by atoms with Gasteiger partial charge in [0.25, 0.3) is 0 Å². The Morgan fingerprint density at radius 3 is 2.42 bits per heavy atom. The van der Waals surface area contributed by atoms with Gasteiger partial charge in [0, 0.05) is 16.3 Å². The predicted molar refractivity (Wildman–Crippen MR) is 234 cm³/mol. The Morgan fingerprint density at radius 1 is 0.745 bits per heavy atom. The molecule has 1 heterocycles. The van der Waals surface area contributed by atoms with Gasteiger partial charge in [-0.1, -0.05) is 128 Å². The fourth-order valence-electron chi connectivity index (χ4n) is 9.23. The lowest BCUT2D eigenvalue weighted by Gasteiger charge is -2.23. The molecule has 1 atom stereocenters. The van der Waals surface area contributed by atoms with Crippen molar-refractivity contribution in [2.75, 3.05) is 0 Å². The van der Waals surface area contributed by atoms with E-state index >= 15 is 0 Å². The third-order valence-corrected chi connectivity index (χ3v) is 12.0. The second-order valence-corrected chi connectivity index (χ2v) is 15.4. The molecule has 55 heavy (non-hydrogen) atoms.